The summed E-state index contributed by atoms with van der Waals surface area (Å²) < 4.78 is 6.40. The van der Waals surface area contributed by atoms with Gasteiger partial charge in [0.2, 0.25) is 0 Å². The van der Waals surface area contributed by atoms with E-state index in [1.165, 1.54) is 10.9 Å². The Morgan fingerprint density at radius 3 is 2.71 bits per heavy atom. The van der Waals surface area contributed by atoms with Crippen LogP contribution in [-0.2, 0) is 11.3 Å². The Labute approximate surface area is 122 Å². The van der Waals surface area contributed by atoms with Crippen molar-refractivity contribution >= 4 is 12.0 Å². The lowest BCUT2D eigenvalue weighted by molar-refractivity contribution is 0.0690. The average molecular weight is 299 g/mol. The number of rotatable bonds is 8. The Morgan fingerprint density at radius 1 is 1.48 bits per heavy atom. The lowest BCUT2D eigenvalue weighted by atomic mass is 10.1. The summed E-state index contributed by atoms with van der Waals surface area (Å²) >= 11 is 0. The number of aromatic nitrogens is 3. The van der Waals surface area contributed by atoms with Gasteiger partial charge in [0.15, 0.2) is 5.69 Å². The molecule has 1 aromatic rings. The zero-order valence-corrected chi connectivity index (χ0v) is 12.4. The summed E-state index contributed by atoms with van der Waals surface area (Å²) in [6, 6.07) is -0.371. The number of carbonyl (C=O) groups is 2. The van der Waals surface area contributed by atoms with Gasteiger partial charge in [-0.15, -0.1) is 5.10 Å². The molecule has 1 atom stereocenters. The van der Waals surface area contributed by atoms with Crippen molar-refractivity contribution in [3.8, 4) is 0 Å². The highest BCUT2D eigenvalue weighted by Gasteiger charge is 2.15. The number of hydrogen-bond donors (Lipinski definition) is 3. The van der Waals surface area contributed by atoms with Crippen molar-refractivity contribution in [3.05, 3.63) is 11.9 Å². The molecule has 3 N–H and O–H groups in total. The van der Waals surface area contributed by atoms with E-state index in [2.05, 4.69) is 20.9 Å². The first-order chi connectivity index (χ1) is 9.93. The van der Waals surface area contributed by atoms with Crippen molar-refractivity contribution in [1.29, 1.82) is 0 Å². The maximum Gasteiger partial charge on any atom is 0.358 e. The molecule has 1 rings (SSSR count). The fraction of sp³-hybridized carbons (Fsp3) is 0.667. The molecule has 9 heteroatoms. The van der Waals surface area contributed by atoms with Crippen LogP contribution >= 0.6 is 0 Å². The zero-order chi connectivity index (χ0) is 15.8. The van der Waals surface area contributed by atoms with Gasteiger partial charge in [-0.1, -0.05) is 19.1 Å². The van der Waals surface area contributed by atoms with E-state index in [9.17, 15) is 9.59 Å². The van der Waals surface area contributed by atoms with Crippen LogP contribution in [0.1, 0.15) is 24.3 Å². The lowest BCUT2D eigenvalue weighted by Crippen LogP contribution is -2.47. The summed E-state index contributed by atoms with van der Waals surface area (Å²) in [5.74, 6) is -0.879. The van der Waals surface area contributed by atoms with E-state index < -0.39 is 5.97 Å². The van der Waals surface area contributed by atoms with Crippen LogP contribution in [0, 0.1) is 5.92 Å². The third-order valence-corrected chi connectivity index (χ3v) is 2.85. The molecule has 0 aliphatic carbocycles. The molecule has 1 unspecified atom stereocenters. The molecular formula is C12H21N5O4. The number of carbonyl (C=O) groups excluding carboxylic acids is 1. The van der Waals surface area contributed by atoms with Crippen LogP contribution in [0.2, 0.25) is 0 Å². The van der Waals surface area contributed by atoms with Crippen molar-refractivity contribution in [3.63, 3.8) is 0 Å². The Kier molecular flexibility index (Phi) is 6.60. The van der Waals surface area contributed by atoms with E-state index in [4.69, 9.17) is 9.84 Å². The van der Waals surface area contributed by atoms with E-state index in [0.29, 0.717) is 19.7 Å². The minimum atomic E-state index is -1.13. The predicted octanol–water partition coefficient (Wildman–Crippen LogP) is -0.0535. The minimum absolute atomic E-state index is 0.0695. The molecule has 1 heterocycles. The first-order valence-electron chi connectivity index (χ1n) is 6.60. The molecular weight excluding hydrogens is 278 g/mol. The van der Waals surface area contributed by atoms with Crippen LogP contribution in [0.15, 0.2) is 6.20 Å². The van der Waals surface area contributed by atoms with Crippen LogP contribution in [0.3, 0.4) is 0 Å². The van der Waals surface area contributed by atoms with Gasteiger partial charge in [0.1, 0.15) is 0 Å². The fourth-order valence-electron chi connectivity index (χ4n) is 1.59. The summed E-state index contributed by atoms with van der Waals surface area (Å²) in [5, 5.41) is 21.3. The Bertz CT molecular complexity index is 474. The molecule has 0 saturated heterocycles. The van der Waals surface area contributed by atoms with E-state index >= 15 is 0 Å². The standard InChI is InChI=1S/C12H21N5O4/c1-8(2)10(7-21-3)14-12(20)13-4-5-17-6-9(11(18)19)15-16-17/h6,8,10H,4-5,7H2,1-3H3,(H,18,19)(H2,13,14,20). The van der Waals surface area contributed by atoms with Gasteiger partial charge < -0.3 is 20.5 Å². The Hall–Kier alpha value is -2.16. The SMILES string of the molecule is COCC(NC(=O)NCCn1cc(C(=O)O)nn1)C(C)C. The summed E-state index contributed by atoms with van der Waals surface area (Å²) in [6.07, 6.45) is 1.31. The highest BCUT2D eigenvalue weighted by Crippen LogP contribution is 2.01. The molecule has 2 amide bonds. The maximum absolute atomic E-state index is 11.7. The number of carboxylic acids is 1. The predicted molar refractivity (Wildman–Crippen MR) is 74.0 cm³/mol. The zero-order valence-electron chi connectivity index (χ0n) is 12.4. The molecule has 9 nitrogen and oxygen atoms in total. The molecule has 1 aromatic heterocycles. The summed E-state index contributed by atoms with van der Waals surface area (Å²) in [4.78, 5) is 22.4. The summed E-state index contributed by atoms with van der Waals surface area (Å²) in [6.45, 7) is 5.08. The van der Waals surface area contributed by atoms with Crippen LogP contribution in [0.5, 0.6) is 0 Å². The van der Waals surface area contributed by atoms with E-state index in [-0.39, 0.29) is 23.7 Å². The molecule has 21 heavy (non-hydrogen) atoms. The molecule has 0 aromatic carbocycles. The van der Waals surface area contributed by atoms with Gasteiger partial charge in [-0.05, 0) is 5.92 Å². The van der Waals surface area contributed by atoms with Crippen molar-refractivity contribution in [2.45, 2.75) is 26.4 Å². The highest BCUT2D eigenvalue weighted by molar-refractivity contribution is 5.84. The lowest BCUT2D eigenvalue weighted by Gasteiger charge is -2.21. The van der Waals surface area contributed by atoms with Crippen LogP contribution in [0.25, 0.3) is 0 Å². The largest absolute Gasteiger partial charge is 0.476 e. The van der Waals surface area contributed by atoms with Crippen molar-refractivity contribution < 1.29 is 19.4 Å². The van der Waals surface area contributed by atoms with Gasteiger partial charge in [-0.2, -0.15) is 0 Å². The third-order valence-electron chi connectivity index (χ3n) is 2.85. The fourth-order valence-corrected chi connectivity index (χ4v) is 1.59. The minimum Gasteiger partial charge on any atom is -0.476 e. The highest BCUT2D eigenvalue weighted by atomic mass is 16.5. The monoisotopic (exact) mass is 299 g/mol. The molecule has 0 radical (unpaired) electrons. The number of ether oxygens (including phenoxy) is 1. The number of nitrogens with one attached hydrogen (secondary N) is 2. The summed E-state index contributed by atoms with van der Waals surface area (Å²) in [5.41, 5.74) is -0.126. The van der Waals surface area contributed by atoms with Crippen LogP contribution in [-0.4, -0.2) is 58.4 Å². The van der Waals surface area contributed by atoms with Crippen molar-refractivity contribution in [2.75, 3.05) is 20.3 Å². The molecule has 0 aliphatic heterocycles. The number of amides is 2. The van der Waals surface area contributed by atoms with E-state index in [0.717, 1.165) is 0 Å². The number of aromatic carboxylic acids is 1. The van der Waals surface area contributed by atoms with Crippen LogP contribution in [0.4, 0.5) is 4.79 Å². The third kappa shape index (κ3) is 5.78. The van der Waals surface area contributed by atoms with E-state index in [1.807, 2.05) is 13.8 Å². The number of nitrogens with zero attached hydrogens (tertiary/aromatic N) is 3. The topological polar surface area (TPSA) is 118 Å². The number of carboxylic acid groups (broad SMARTS) is 1. The Balaban J connectivity index is 2.33. The normalized spacial score (nSPS) is 12.2. The maximum atomic E-state index is 11.7. The summed E-state index contributed by atoms with van der Waals surface area (Å²) in [7, 11) is 1.58. The molecule has 118 valence electrons. The smallest absolute Gasteiger partial charge is 0.358 e. The van der Waals surface area contributed by atoms with Crippen molar-refractivity contribution in [2.24, 2.45) is 5.92 Å². The van der Waals surface area contributed by atoms with Gasteiger partial charge in [0, 0.05) is 13.7 Å². The first-order valence-corrected chi connectivity index (χ1v) is 6.60. The Morgan fingerprint density at radius 2 is 2.19 bits per heavy atom. The van der Waals surface area contributed by atoms with Crippen LogP contribution < -0.4 is 10.6 Å². The molecule has 0 aliphatic rings. The molecule has 0 fully saturated rings. The van der Waals surface area contributed by atoms with E-state index in [1.54, 1.807) is 7.11 Å². The van der Waals surface area contributed by atoms with Gasteiger partial charge >= 0.3 is 12.0 Å². The van der Waals surface area contributed by atoms with Gasteiger partial charge in [-0.3, -0.25) is 0 Å². The average Bonchev–Trinajstić information content (AvgIpc) is 2.87. The quantitative estimate of drug-likeness (QED) is 0.619. The number of urea groups is 1. The molecule has 0 saturated carbocycles. The van der Waals surface area contributed by atoms with Crippen molar-refractivity contribution in [1.82, 2.24) is 25.6 Å². The second kappa shape index (κ2) is 8.20. The first kappa shape index (κ1) is 16.9. The van der Waals surface area contributed by atoms with Gasteiger partial charge in [0.05, 0.1) is 25.4 Å². The second-order valence-electron chi connectivity index (χ2n) is 4.88. The number of hydrogen-bond acceptors (Lipinski definition) is 5. The molecule has 0 bridgehead atoms. The van der Waals surface area contributed by atoms with Gasteiger partial charge in [0.25, 0.3) is 0 Å². The molecule has 0 spiro atoms. The van der Waals surface area contributed by atoms with Gasteiger partial charge in [-0.25, -0.2) is 14.3 Å². The number of methoxy groups -OCH3 is 1. The second-order valence-corrected chi connectivity index (χ2v) is 4.88.